The van der Waals surface area contributed by atoms with Crippen molar-refractivity contribution in [2.24, 2.45) is 11.7 Å². The Balaban J connectivity index is 2.19. The minimum Gasteiger partial charge on any atom is -0.492 e. The summed E-state index contributed by atoms with van der Waals surface area (Å²) >= 11 is 10.0. The van der Waals surface area contributed by atoms with Crippen molar-refractivity contribution in [3.8, 4) is 5.75 Å². The number of ether oxygens (including phenoxy) is 1. The quantitative estimate of drug-likeness (QED) is 0.484. The predicted molar refractivity (Wildman–Crippen MR) is 125 cm³/mol. The van der Waals surface area contributed by atoms with E-state index in [4.69, 9.17) is 22.7 Å². The fraction of sp³-hybridized carbons (Fsp3) is 0.350. The zero-order chi connectivity index (χ0) is 21.7. The van der Waals surface area contributed by atoms with Crippen LogP contribution in [-0.2, 0) is 6.42 Å². The number of thiocarbonyl (C=S) groups is 1. The largest absolute Gasteiger partial charge is 0.492 e. The van der Waals surface area contributed by atoms with Gasteiger partial charge >= 0.3 is 0 Å². The van der Waals surface area contributed by atoms with Gasteiger partial charge in [0.2, 0.25) is 0 Å². The maximum absolute atomic E-state index is 12.8. The van der Waals surface area contributed by atoms with Crippen LogP contribution in [0.3, 0.4) is 0 Å². The van der Waals surface area contributed by atoms with Crippen LogP contribution in [0.2, 0.25) is 0 Å². The van der Waals surface area contributed by atoms with Crippen molar-refractivity contribution in [2.75, 3.05) is 11.9 Å². The molecule has 0 fully saturated rings. The van der Waals surface area contributed by atoms with Crippen LogP contribution in [-0.4, -0.2) is 23.5 Å². The summed E-state index contributed by atoms with van der Waals surface area (Å²) in [6.45, 7) is 8.42. The number of amides is 2. The van der Waals surface area contributed by atoms with E-state index in [1.165, 1.54) is 11.3 Å². The normalized spacial score (nSPS) is 10.7. The van der Waals surface area contributed by atoms with E-state index < -0.39 is 11.8 Å². The van der Waals surface area contributed by atoms with Crippen LogP contribution in [0.1, 0.15) is 51.9 Å². The number of rotatable bonds is 7. The van der Waals surface area contributed by atoms with E-state index in [0.717, 1.165) is 14.9 Å². The van der Waals surface area contributed by atoms with Crippen LogP contribution in [0.15, 0.2) is 22.7 Å². The molecule has 29 heavy (non-hydrogen) atoms. The number of carbonyl (C=O) groups excluding carboxylic acids is 2. The fourth-order valence-corrected chi connectivity index (χ4v) is 4.50. The highest BCUT2D eigenvalue weighted by atomic mass is 79.9. The number of thiophene rings is 1. The molecule has 0 aliphatic rings. The number of halogens is 1. The van der Waals surface area contributed by atoms with E-state index in [2.05, 4.69) is 26.6 Å². The molecular formula is C20H24BrN3O3S2. The highest BCUT2D eigenvalue weighted by Crippen LogP contribution is 2.33. The Hall–Kier alpha value is -1.97. The summed E-state index contributed by atoms with van der Waals surface area (Å²) < 4.78 is 6.50. The average molecular weight is 498 g/mol. The molecule has 0 bridgehead atoms. The molecule has 0 saturated heterocycles. The van der Waals surface area contributed by atoms with Gasteiger partial charge in [-0.15, -0.1) is 11.3 Å². The van der Waals surface area contributed by atoms with Crippen molar-refractivity contribution in [3.05, 3.63) is 44.2 Å². The van der Waals surface area contributed by atoms with Gasteiger partial charge in [-0.2, -0.15) is 0 Å². The molecule has 0 aliphatic carbocycles. The number of hydrogen-bond acceptors (Lipinski definition) is 5. The Kier molecular flexibility index (Phi) is 8.18. The van der Waals surface area contributed by atoms with E-state index >= 15 is 0 Å². The monoisotopic (exact) mass is 497 g/mol. The maximum atomic E-state index is 12.8. The summed E-state index contributed by atoms with van der Waals surface area (Å²) in [4.78, 5) is 25.6. The molecule has 1 aromatic carbocycles. The molecule has 0 spiro atoms. The molecule has 0 unspecified atom stereocenters. The Labute approximate surface area is 188 Å². The summed E-state index contributed by atoms with van der Waals surface area (Å²) in [5.74, 6) is -0.147. The lowest BCUT2D eigenvalue weighted by Crippen LogP contribution is -2.34. The molecule has 2 amide bonds. The molecule has 0 radical (unpaired) electrons. The van der Waals surface area contributed by atoms with E-state index in [-0.39, 0.29) is 5.11 Å². The minimum atomic E-state index is -0.529. The molecule has 0 atom stereocenters. The summed E-state index contributed by atoms with van der Waals surface area (Å²) in [5.41, 5.74) is 7.20. The van der Waals surface area contributed by atoms with Gasteiger partial charge in [0, 0.05) is 9.35 Å². The van der Waals surface area contributed by atoms with Crippen molar-refractivity contribution in [3.63, 3.8) is 0 Å². The van der Waals surface area contributed by atoms with Crippen LogP contribution in [0.4, 0.5) is 5.00 Å². The summed E-state index contributed by atoms with van der Waals surface area (Å²) in [5, 5.41) is 6.20. The maximum Gasteiger partial charge on any atom is 0.261 e. The average Bonchev–Trinajstić information content (AvgIpc) is 2.95. The topological polar surface area (TPSA) is 93.4 Å². The first-order valence-electron chi connectivity index (χ1n) is 9.10. The molecule has 1 heterocycles. The number of nitrogens with one attached hydrogen (secondary N) is 2. The second-order valence-electron chi connectivity index (χ2n) is 6.81. The standard InChI is InChI=1S/C20H24BrN3O3S2/c1-5-13-11(4)29-19(16(13)17(22)25)24-20(28)23-18(26)14-8-12(21)6-7-15(14)27-9-10(2)3/h6-8,10H,5,9H2,1-4H3,(H2,22,25)(H2,23,24,26,28). The van der Waals surface area contributed by atoms with E-state index in [9.17, 15) is 9.59 Å². The van der Waals surface area contributed by atoms with Gasteiger partial charge in [0.05, 0.1) is 17.7 Å². The third-order valence-electron chi connectivity index (χ3n) is 4.02. The van der Waals surface area contributed by atoms with Crippen molar-refractivity contribution in [2.45, 2.75) is 34.1 Å². The third-order valence-corrected chi connectivity index (χ3v) is 5.78. The molecule has 9 heteroatoms. The molecule has 2 aromatic rings. The number of hydrogen-bond donors (Lipinski definition) is 3. The fourth-order valence-electron chi connectivity index (χ4n) is 2.72. The predicted octanol–water partition coefficient (Wildman–Crippen LogP) is 4.64. The van der Waals surface area contributed by atoms with Crippen LogP contribution in [0, 0.1) is 12.8 Å². The first-order chi connectivity index (χ1) is 13.6. The number of carbonyl (C=O) groups is 2. The van der Waals surface area contributed by atoms with Gasteiger partial charge < -0.3 is 15.8 Å². The summed E-state index contributed by atoms with van der Waals surface area (Å²) in [6, 6.07) is 5.22. The van der Waals surface area contributed by atoms with Crippen LogP contribution < -0.4 is 21.1 Å². The van der Waals surface area contributed by atoms with Gasteiger partial charge in [0.1, 0.15) is 10.8 Å². The van der Waals surface area contributed by atoms with Crippen molar-refractivity contribution in [1.82, 2.24) is 5.32 Å². The van der Waals surface area contributed by atoms with Gasteiger partial charge in [-0.05, 0) is 55.2 Å². The van der Waals surface area contributed by atoms with Crippen LogP contribution in [0.25, 0.3) is 0 Å². The second kappa shape index (κ2) is 10.2. The van der Waals surface area contributed by atoms with Crippen LogP contribution in [0.5, 0.6) is 5.75 Å². The smallest absolute Gasteiger partial charge is 0.261 e. The molecule has 6 nitrogen and oxygen atoms in total. The van der Waals surface area contributed by atoms with Gasteiger partial charge in [0.25, 0.3) is 11.8 Å². The zero-order valence-corrected chi connectivity index (χ0v) is 19.9. The minimum absolute atomic E-state index is 0.0798. The SMILES string of the molecule is CCc1c(C)sc(NC(=S)NC(=O)c2cc(Br)ccc2OCC(C)C)c1C(N)=O. The Morgan fingerprint density at radius 3 is 2.62 bits per heavy atom. The lowest BCUT2D eigenvalue weighted by atomic mass is 10.1. The summed E-state index contributed by atoms with van der Waals surface area (Å²) in [6.07, 6.45) is 0.677. The molecule has 156 valence electrons. The molecule has 0 saturated carbocycles. The zero-order valence-electron chi connectivity index (χ0n) is 16.7. The first-order valence-corrected chi connectivity index (χ1v) is 11.1. The van der Waals surface area contributed by atoms with Crippen LogP contribution >= 0.6 is 39.5 Å². The van der Waals surface area contributed by atoms with Gasteiger partial charge in [-0.3, -0.25) is 14.9 Å². The van der Waals surface area contributed by atoms with E-state index in [1.807, 2.05) is 33.8 Å². The number of nitrogens with two attached hydrogens (primary N) is 1. The third kappa shape index (κ3) is 6.01. The molecule has 2 rings (SSSR count). The number of aryl methyl sites for hydroxylation is 1. The van der Waals surface area contributed by atoms with Gasteiger partial charge in [0.15, 0.2) is 5.11 Å². The molecule has 4 N–H and O–H groups in total. The molecule has 0 aliphatic heterocycles. The first kappa shape index (κ1) is 23.3. The Bertz CT molecular complexity index is 941. The summed E-state index contributed by atoms with van der Waals surface area (Å²) in [7, 11) is 0. The Morgan fingerprint density at radius 2 is 2.03 bits per heavy atom. The van der Waals surface area contributed by atoms with Gasteiger partial charge in [-0.25, -0.2) is 0 Å². The number of anilines is 1. The van der Waals surface area contributed by atoms with Crippen molar-refractivity contribution >= 4 is 61.4 Å². The highest BCUT2D eigenvalue weighted by Gasteiger charge is 2.21. The van der Waals surface area contributed by atoms with Crippen molar-refractivity contribution < 1.29 is 14.3 Å². The van der Waals surface area contributed by atoms with E-state index in [1.54, 1.807) is 12.1 Å². The lowest BCUT2D eigenvalue weighted by Gasteiger charge is -2.14. The molecular weight excluding hydrogens is 474 g/mol. The highest BCUT2D eigenvalue weighted by molar-refractivity contribution is 9.10. The molecule has 1 aromatic heterocycles. The Morgan fingerprint density at radius 1 is 1.34 bits per heavy atom. The number of primary amides is 1. The number of benzene rings is 1. The van der Waals surface area contributed by atoms with E-state index in [0.29, 0.717) is 40.8 Å². The van der Waals surface area contributed by atoms with Crippen molar-refractivity contribution in [1.29, 1.82) is 0 Å². The second-order valence-corrected chi connectivity index (χ2v) is 9.36. The van der Waals surface area contributed by atoms with Gasteiger partial charge in [-0.1, -0.05) is 36.7 Å². The lowest BCUT2D eigenvalue weighted by molar-refractivity contribution is 0.0971.